The molecule has 0 aliphatic rings. The second-order valence-electron chi connectivity index (χ2n) is 7.26. The minimum absolute atomic E-state index is 0.438. The Morgan fingerprint density at radius 1 is 0.500 bits per heavy atom. The van der Waals surface area contributed by atoms with Crippen LogP contribution in [0, 0.1) is 13.8 Å². The molecule has 2 aromatic heterocycles. The first-order chi connectivity index (χ1) is 12.7. The quantitative estimate of drug-likeness (QED) is 0.237. The van der Waals surface area contributed by atoms with Crippen LogP contribution in [0.4, 0.5) is 0 Å². The average Bonchev–Trinajstić information content (AvgIpc) is 3.13. The summed E-state index contributed by atoms with van der Waals surface area (Å²) < 4.78 is 6.46. The van der Waals surface area contributed by atoms with E-state index in [2.05, 4.69) is 74.5 Å². The third-order valence-corrected chi connectivity index (χ3v) is 10.9. The third-order valence-electron chi connectivity index (χ3n) is 5.31. The fourth-order valence-corrected chi connectivity index (χ4v) is 10.4. The number of benzene rings is 4. The topological polar surface area (TPSA) is 0 Å². The van der Waals surface area contributed by atoms with Crippen LogP contribution in [0.1, 0.15) is 11.1 Å². The zero-order valence-corrected chi connectivity index (χ0v) is 18.0. The zero-order chi connectivity index (χ0) is 17.4. The fourth-order valence-electron chi connectivity index (χ4n) is 3.98. The molecule has 2 heteroatoms. The molecule has 0 amide bonds. The van der Waals surface area contributed by atoms with Gasteiger partial charge in [-0.15, -0.1) is 0 Å². The van der Waals surface area contributed by atoms with Crippen LogP contribution in [0.15, 0.2) is 60.7 Å². The molecule has 6 rings (SSSR count). The van der Waals surface area contributed by atoms with Crippen molar-refractivity contribution in [3.63, 3.8) is 0 Å². The molecule has 124 valence electrons. The van der Waals surface area contributed by atoms with Crippen LogP contribution in [-0.2, 0) is 0 Å². The number of aryl methyl sites for hydroxylation is 2. The van der Waals surface area contributed by atoms with Crippen molar-refractivity contribution in [2.75, 3.05) is 0 Å². The summed E-state index contributed by atoms with van der Waals surface area (Å²) in [5, 5.41) is 8.63. The van der Waals surface area contributed by atoms with E-state index in [9.17, 15) is 0 Å². The van der Waals surface area contributed by atoms with Crippen LogP contribution in [0.5, 0.6) is 0 Å². The van der Waals surface area contributed by atoms with Crippen LogP contribution in [-0.4, -0.2) is 29.0 Å². The first-order valence-corrected chi connectivity index (χ1v) is 12.3. The van der Waals surface area contributed by atoms with Crippen LogP contribution in [0.3, 0.4) is 0 Å². The SMILES string of the molecule is Cc1ccc2cc3c(cc2c1)[se]c1c2cc4ccc(C)cc4cc2[se]c31. The standard InChI is InChI=1S/C24H16Se2/c1-13-3-5-15-9-19-21(11-17(15)7-13)25-24-20-10-16-6-4-14(2)8-18(16)12-22(20)26-23(19)24/h3-12H,1-2H3. The molecule has 0 saturated carbocycles. The average molecular weight is 462 g/mol. The Labute approximate surface area is 163 Å². The number of rotatable bonds is 0. The number of hydrogen-bond donors (Lipinski definition) is 0. The van der Waals surface area contributed by atoms with Crippen molar-refractivity contribution in [3.8, 4) is 0 Å². The minimum atomic E-state index is 0.438. The maximum atomic E-state index is 2.45. The molecule has 0 N–H and O–H groups in total. The van der Waals surface area contributed by atoms with Gasteiger partial charge in [0.15, 0.2) is 0 Å². The number of hydrogen-bond acceptors (Lipinski definition) is 0. The zero-order valence-electron chi connectivity index (χ0n) is 14.6. The van der Waals surface area contributed by atoms with Crippen molar-refractivity contribution >= 4 is 78.4 Å². The van der Waals surface area contributed by atoms with Gasteiger partial charge in [0.1, 0.15) is 0 Å². The molecule has 4 aromatic carbocycles. The van der Waals surface area contributed by atoms with Gasteiger partial charge in [-0.3, -0.25) is 0 Å². The van der Waals surface area contributed by atoms with Gasteiger partial charge in [0, 0.05) is 0 Å². The van der Waals surface area contributed by atoms with Crippen molar-refractivity contribution in [1.29, 1.82) is 0 Å². The molecule has 0 aliphatic heterocycles. The second-order valence-corrected chi connectivity index (χ2v) is 11.7. The monoisotopic (exact) mass is 464 g/mol. The Morgan fingerprint density at radius 3 is 1.42 bits per heavy atom. The van der Waals surface area contributed by atoms with E-state index < -0.39 is 0 Å². The molecule has 0 radical (unpaired) electrons. The van der Waals surface area contributed by atoms with Crippen molar-refractivity contribution in [1.82, 2.24) is 0 Å². The van der Waals surface area contributed by atoms with Crippen LogP contribution in [0.2, 0.25) is 0 Å². The van der Waals surface area contributed by atoms with Crippen molar-refractivity contribution < 1.29 is 0 Å². The summed E-state index contributed by atoms with van der Waals surface area (Å²) in [4.78, 5) is 0. The van der Waals surface area contributed by atoms with E-state index >= 15 is 0 Å². The molecule has 0 bridgehead atoms. The summed E-state index contributed by atoms with van der Waals surface area (Å²) in [7, 11) is 0. The normalized spacial score (nSPS) is 12.2. The van der Waals surface area contributed by atoms with E-state index in [0.717, 1.165) is 0 Å². The van der Waals surface area contributed by atoms with Crippen molar-refractivity contribution in [2.45, 2.75) is 13.8 Å². The van der Waals surface area contributed by atoms with E-state index in [1.807, 2.05) is 0 Å². The summed E-state index contributed by atoms with van der Waals surface area (Å²) >= 11 is 0.877. The van der Waals surface area contributed by atoms with Crippen LogP contribution < -0.4 is 0 Å². The van der Waals surface area contributed by atoms with Crippen molar-refractivity contribution in [3.05, 3.63) is 71.8 Å². The van der Waals surface area contributed by atoms with Gasteiger partial charge in [-0.25, -0.2) is 0 Å². The summed E-state index contributed by atoms with van der Waals surface area (Å²) in [5.74, 6) is 0. The van der Waals surface area contributed by atoms with E-state index in [1.54, 1.807) is 17.0 Å². The molecule has 0 aliphatic carbocycles. The molecule has 2 heterocycles. The molecule has 0 saturated heterocycles. The van der Waals surface area contributed by atoms with Gasteiger partial charge in [0.25, 0.3) is 0 Å². The predicted octanol–water partition coefficient (Wildman–Crippen LogP) is 6.18. The summed E-state index contributed by atoms with van der Waals surface area (Å²) in [6.45, 7) is 4.37. The Morgan fingerprint density at radius 2 is 0.962 bits per heavy atom. The predicted molar refractivity (Wildman–Crippen MR) is 117 cm³/mol. The molecule has 0 nitrogen and oxygen atoms in total. The van der Waals surface area contributed by atoms with E-state index in [1.165, 1.54) is 43.4 Å². The van der Waals surface area contributed by atoms with Crippen LogP contribution in [0.25, 0.3) is 49.4 Å². The van der Waals surface area contributed by atoms with Gasteiger partial charge in [0.2, 0.25) is 0 Å². The van der Waals surface area contributed by atoms with Gasteiger partial charge in [-0.1, -0.05) is 0 Å². The Balaban J connectivity index is 1.75. The van der Waals surface area contributed by atoms with Gasteiger partial charge >= 0.3 is 164 Å². The Kier molecular flexibility index (Phi) is 3.14. The van der Waals surface area contributed by atoms with Crippen molar-refractivity contribution in [2.24, 2.45) is 0 Å². The molecular formula is C24H16Se2. The Bertz CT molecular complexity index is 1380. The number of fused-ring (bicyclic) bond motifs is 7. The molecule has 0 atom stereocenters. The van der Waals surface area contributed by atoms with E-state index in [4.69, 9.17) is 0 Å². The fraction of sp³-hybridized carbons (Fsp3) is 0.0833. The van der Waals surface area contributed by atoms with Gasteiger partial charge in [0.05, 0.1) is 0 Å². The molecule has 26 heavy (non-hydrogen) atoms. The van der Waals surface area contributed by atoms with E-state index in [0.29, 0.717) is 29.0 Å². The second kappa shape index (κ2) is 5.35. The maximum absolute atomic E-state index is 2.45. The van der Waals surface area contributed by atoms with Crippen LogP contribution >= 0.6 is 0 Å². The van der Waals surface area contributed by atoms with Gasteiger partial charge < -0.3 is 0 Å². The molecule has 0 spiro atoms. The van der Waals surface area contributed by atoms with Gasteiger partial charge in [-0.2, -0.15) is 0 Å². The summed E-state index contributed by atoms with van der Waals surface area (Å²) in [6.07, 6.45) is 0. The molecule has 6 aromatic rings. The third kappa shape index (κ3) is 2.14. The Hall–Kier alpha value is -1.82. The summed E-state index contributed by atoms with van der Waals surface area (Å²) in [5.41, 5.74) is 2.69. The molecule has 0 fully saturated rings. The molecule has 0 unspecified atom stereocenters. The molecular weight excluding hydrogens is 446 g/mol. The van der Waals surface area contributed by atoms with Gasteiger partial charge in [-0.05, 0) is 0 Å². The first-order valence-electron chi connectivity index (χ1n) is 8.85. The summed E-state index contributed by atoms with van der Waals surface area (Å²) in [6, 6.07) is 23.5. The first kappa shape index (κ1) is 15.3. The van der Waals surface area contributed by atoms with E-state index in [-0.39, 0.29) is 0 Å².